The minimum Gasteiger partial charge on any atom is -0.381 e. The van der Waals surface area contributed by atoms with Gasteiger partial charge < -0.3 is 9.64 Å². The van der Waals surface area contributed by atoms with E-state index in [4.69, 9.17) is 9.73 Å². The number of aldehydes is 1. The first kappa shape index (κ1) is 19.8. The summed E-state index contributed by atoms with van der Waals surface area (Å²) in [4.78, 5) is 18.3. The zero-order valence-electron chi connectivity index (χ0n) is 16.1. The van der Waals surface area contributed by atoms with Gasteiger partial charge in [0.1, 0.15) is 11.7 Å². The molecular formula is C23H23FN2O2. The highest BCUT2D eigenvalue weighted by Crippen LogP contribution is 2.23. The number of likely N-dealkylation sites (tertiary alicyclic amines) is 1. The van der Waals surface area contributed by atoms with E-state index in [0.29, 0.717) is 16.8 Å². The molecule has 5 heteroatoms. The molecule has 0 amide bonds. The molecule has 2 aromatic rings. The van der Waals surface area contributed by atoms with Crippen LogP contribution >= 0.6 is 0 Å². The predicted octanol–water partition coefficient (Wildman–Crippen LogP) is 4.20. The SMILES string of the molecule is COC1CCC(=Nc2cc(C#Cc3cccc(F)c3)ccc2C=O)N(C)CC1. The molecule has 28 heavy (non-hydrogen) atoms. The Labute approximate surface area is 165 Å². The van der Waals surface area contributed by atoms with Gasteiger partial charge in [-0.25, -0.2) is 9.38 Å². The number of halogens is 1. The summed E-state index contributed by atoms with van der Waals surface area (Å²) in [6.45, 7) is 0.854. The lowest BCUT2D eigenvalue weighted by Crippen LogP contribution is -2.26. The number of carbonyl (C=O) groups excluding carboxylic acids is 1. The minimum atomic E-state index is -0.319. The highest BCUT2D eigenvalue weighted by atomic mass is 19.1. The molecule has 1 atom stereocenters. The van der Waals surface area contributed by atoms with Crippen LogP contribution in [0, 0.1) is 17.7 Å². The molecule has 1 aliphatic heterocycles. The van der Waals surface area contributed by atoms with E-state index in [1.165, 1.54) is 12.1 Å². The van der Waals surface area contributed by atoms with Crippen LogP contribution in [0.5, 0.6) is 0 Å². The third-order valence-electron chi connectivity index (χ3n) is 4.83. The standard InChI is InChI=1S/C23H23FN2O2/c1-26-13-12-21(28-2)10-11-23(26)25-22-15-18(8-9-19(22)16-27)7-6-17-4-3-5-20(24)14-17/h3-5,8-9,14-16,21H,10-13H2,1-2H3. The molecule has 1 heterocycles. The summed E-state index contributed by atoms with van der Waals surface area (Å²) in [5.74, 6) is 6.58. The molecule has 144 valence electrons. The third-order valence-corrected chi connectivity index (χ3v) is 4.83. The van der Waals surface area contributed by atoms with Crippen molar-refractivity contribution in [2.45, 2.75) is 25.4 Å². The first-order valence-corrected chi connectivity index (χ1v) is 9.27. The number of nitrogens with zero attached hydrogens (tertiary/aromatic N) is 2. The Bertz CT molecular complexity index is 943. The second-order valence-corrected chi connectivity index (χ2v) is 6.79. The van der Waals surface area contributed by atoms with E-state index in [1.54, 1.807) is 37.4 Å². The zero-order valence-corrected chi connectivity index (χ0v) is 16.1. The summed E-state index contributed by atoms with van der Waals surface area (Å²) < 4.78 is 18.8. The van der Waals surface area contributed by atoms with E-state index in [-0.39, 0.29) is 11.9 Å². The van der Waals surface area contributed by atoms with Gasteiger partial charge in [-0.05, 0) is 49.2 Å². The molecular weight excluding hydrogens is 355 g/mol. The number of hydrogen-bond donors (Lipinski definition) is 0. The van der Waals surface area contributed by atoms with Crippen molar-refractivity contribution in [2.24, 2.45) is 4.99 Å². The molecule has 1 unspecified atom stereocenters. The maximum absolute atomic E-state index is 13.3. The van der Waals surface area contributed by atoms with Crippen molar-refractivity contribution in [1.29, 1.82) is 0 Å². The number of rotatable bonds is 3. The lowest BCUT2D eigenvalue weighted by molar-refractivity contribution is 0.0906. The van der Waals surface area contributed by atoms with Crippen molar-refractivity contribution in [3.05, 3.63) is 65.0 Å². The number of benzene rings is 2. The normalized spacial score (nSPS) is 18.3. The maximum atomic E-state index is 13.3. The van der Waals surface area contributed by atoms with Crippen LogP contribution in [0.15, 0.2) is 47.5 Å². The van der Waals surface area contributed by atoms with E-state index < -0.39 is 0 Å². The van der Waals surface area contributed by atoms with Crippen molar-refractivity contribution in [1.82, 2.24) is 4.90 Å². The molecule has 1 saturated heterocycles. The largest absolute Gasteiger partial charge is 0.381 e. The summed E-state index contributed by atoms with van der Waals surface area (Å²) in [6.07, 6.45) is 3.66. The van der Waals surface area contributed by atoms with Gasteiger partial charge in [0.2, 0.25) is 0 Å². The van der Waals surface area contributed by atoms with Crippen LogP contribution in [0.3, 0.4) is 0 Å². The average Bonchev–Trinajstić information content (AvgIpc) is 2.88. The van der Waals surface area contributed by atoms with Crippen molar-refractivity contribution in [3.8, 4) is 11.8 Å². The Kier molecular flexibility index (Phi) is 6.57. The maximum Gasteiger partial charge on any atom is 0.152 e. The van der Waals surface area contributed by atoms with Crippen LogP contribution in [0.2, 0.25) is 0 Å². The fraction of sp³-hybridized carbons (Fsp3) is 0.304. The van der Waals surface area contributed by atoms with Gasteiger partial charge in [-0.3, -0.25) is 4.79 Å². The number of methoxy groups -OCH3 is 1. The van der Waals surface area contributed by atoms with E-state index in [9.17, 15) is 9.18 Å². The van der Waals surface area contributed by atoms with Gasteiger partial charge in [-0.2, -0.15) is 0 Å². The van der Waals surface area contributed by atoms with Crippen LogP contribution in [-0.2, 0) is 4.74 Å². The fourth-order valence-electron chi connectivity index (χ4n) is 3.14. The molecule has 0 bridgehead atoms. The molecule has 0 aromatic heterocycles. The number of aliphatic imine (C=N–C) groups is 1. The Hall–Kier alpha value is -2.97. The molecule has 1 aliphatic rings. The molecule has 0 aliphatic carbocycles. The summed E-state index contributed by atoms with van der Waals surface area (Å²) in [5.41, 5.74) is 2.44. The van der Waals surface area contributed by atoms with Gasteiger partial charge in [-0.15, -0.1) is 0 Å². The van der Waals surface area contributed by atoms with Gasteiger partial charge in [0.25, 0.3) is 0 Å². The van der Waals surface area contributed by atoms with Crippen molar-refractivity contribution in [3.63, 3.8) is 0 Å². The average molecular weight is 378 g/mol. The summed E-state index contributed by atoms with van der Waals surface area (Å²) in [5, 5.41) is 0. The van der Waals surface area contributed by atoms with Crippen LogP contribution in [0.25, 0.3) is 0 Å². The summed E-state index contributed by atoms with van der Waals surface area (Å²) >= 11 is 0. The minimum absolute atomic E-state index is 0.226. The number of amidine groups is 1. The lowest BCUT2D eigenvalue weighted by atomic mass is 10.1. The monoisotopic (exact) mass is 378 g/mol. The van der Waals surface area contributed by atoms with E-state index >= 15 is 0 Å². The van der Waals surface area contributed by atoms with Crippen molar-refractivity contribution in [2.75, 3.05) is 20.7 Å². The predicted molar refractivity (Wildman–Crippen MR) is 109 cm³/mol. The van der Waals surface area contributed by atoms with Gasteiger partial charge in [0.15, 0.2) is 6.29 Å². The van der Waals surface area contributed by atoms with Gasteiger partial charge in [0.05, 0.1) is 11.8 Å². The Morgan fingerprint density at radius 3 is 2.68 bits per heavy atom. The zero-order chi connectivity index (χ0) is 19.9. The first-order chi connectivity index (χ1) is 13.6. The molecule has 1 fully saturated rings. The van der Waals surface area contributed by atoms with E-state index in [2.05, 4.69) is 16.7 Å². The van der Waals surface area contributed by atoms with Crippen LogP contribution in [0.4, 0.5) is 10.1 Å². The second kappa shape index (κ2) is 9.29. The first-order valence-electron chi connectivity index (χ1n) is 9.27. The molecule has 0 N–H and O–H groups in total. The Morgan fingerprint density at radius 2 is 1.96 bits per heavy atom. The summed E-state index contributed by atoms with van der Waals surface area (Å²) in [7, 11) is 3.74. The number of hydrogen-bond acceptors (Lipinski definition) is 3. The van der Waals surface area contributed by atoms with Gasteiger partial charge in [-0.1, -0.05) is 17.9 Å². The molecule has 4 nitrogen and oxygen atoms in total. The second-order valence-electron chi connectivity index (χ2n) is 6.79. The van der Waals surface area contributed by atoms with Crippen LogP contribution in [0.1, 0.15) is 40.7 Å². The fourth-order valence-corrected chi connectivity index (χ4v) is 3.14. The van der Waals surface area contributed by atoms with Crippen LogP contribution in [-0.4, -0.2) is 43.8 Å². The Morgan fingerprint density at radius 1 is 1.18 bits per heavy atom. The highest BCUT2D eigenvalue weighted by Gasteiger charge is 2.18. The molecule has 2 aromatic carbocycles. The quantitative estimate of drug-likeness (QED) is 0.594. The van der Waals surface area contributed by atoms with Crippen LogP contribution < -0.4 is 0 Å². The van der Waals surface area contributed by atoms with Gasteiger partial charge in [0, 0.05) is 43.8 Å². The number of ether oxygens (including phenoxy) is 1. The highest BCUT2D eigenvalue weighted by molar-refractivity contribution is 5.90. The topological polar surface area (TPSA) is 41.9 Å². The van der Waals surface area contributed by atoms with Gasteiger partial charge >= 0.3 is 0 Å². The molecule has 3 rings (SSSR count). The molecule has 0 radical (unpaired) electrons. The summed E-state index contributed by atoms with van der Waals surface area (Å²) in [6, 6.07) is 11.4. The smallest absolute Gasteiger partial charge is 0.152 e. The van der Waals surface area contributed by atoms with Crippen molar-refractivity contribution >= 4 is 17.8 Å². The van der Waals surface area contributed by atoms with E-state index in [0.717, 1.165) is 43.5 Å². The molecule has 0 saturated carbocycles. The molecule has 0 spiro atoms. The number of carbonyl (C=O) groups is 1. The third kappa shape index (κ3) is 5.05. The van der Waals surface area contributed by atoms with Crippen molar-refractivity contribution < 1.29 is 13.9 Å². The lowest BCUT2D eigenvalue weighted by Gasteiger charge is -2.18. The van der Waals surface area contributed by atoms with E-state index in [1.807, 2.05) is 7.05 Å². The Balaban J connectivity index is 1.90.